The topological polar surface area (TPSA) is 114 Å². The predicted molar refractivity (Wildman–Crippen MR) is 110 cm³/mol. The van der Waals surface area contributed by atoms with Gasteiger partial charge < -0.3 is 5.32 Å². The first-order valence-electron chi connectivity index (χ1n) is 8.73. The van der Waals surface area contributed by atoms with E-state index < -0.39 is 10.0 Å². The third-order valence-electron chi connectivity index (χ3n) is 4.64. The van der Waals surface area contributed by atoms with Gasteiger partial charge in [0.05, 0.1) is 27.5 Å². The molecule has 0 atom stereocenters. The third kappa shape index (κ3) is 2.85. The van der Waals surface area contributed by atoms with Crippen molar-refractivity contribution < 1.29 is 8.42 Å². The van der Waals surface area contributed by atoms with Crippen LogP contribution in [0, 0.1) is 0 Å². The Labute approximate surface area is 165 Å². The number of fused-ring (bicyclic) bond motifs is 5. The Morgan fingerprint density at radius 3 is 2.79 bits per heavy atom. The first kappa shape index (κ1) is 17.5. The Morgan fingerprint density at radius 2 is 1.93 bits per heavy atom. The quantitative estimate of drug-likeness (QED) is 0.472. The van der Waals surface area contributed by atoms with E-state index in [9.17, 15) is 8.42 Å². The monoisotopic (exact) mass is 405 g/mol. The third-order valence-corrected chi connectivity index (χ3v) is 6.05. The minimum absolute atomic E-state index is 0.160. The Balaban J connectivity index is 1.75. The van der Waals surface area contributed by atoms with Gasteiger partial charge >= 0.3 is 0 Å². The lowest BCUT2D eigenvalue weighted by Crippen LogP contribution is -2.18. The maximum atomic E-state index is 12.1. The Morgan fingerprint density at radius 1 is 1.07 bits per heavy atom. The number of rotatable bonds is 4. The predicted octanol–water partition coefficient (Wildman–Crippen LogP) is 2.48. The zero-order chi connectivity index (χ0) is 20.0. The van der Waals surface area contributed by atoms with Crippen molar-refractivity contribution in [2.45, 2.75) is 4.90 Å². The molecule has 9 nitrogen and oxygen atoms in total. The van der Waals surface area contributed by atoms with E-state index in [1.165, 1.54) is 13.1 Å². The molecule has 0 spiro atoms. The summed E-state index contributed by atoms with van der Waals surface area (Å²) >= 11 is 0. The highest BCUT2D eigenvalue weighted by Crippen LogP contribution is 2.33. The molecule has 0 aliphatic heterocycles. The molecule has 0 unspecified atom stereocenters. The van der Waals surface area contributed by atoms with Crippen molar-refractivity contribution in [2.75, 3.05) is 12.4 Å². The summed E-state index contributed by atoms with van der Waals surface area (Å²) in [5.41, 5.74) is 2.83. The van der Waals surface area contributed by atoms with Crippen LogP contribution in [0.4, 0.5) is 11.5 Å². The lowest BCUT2D eigenvalue weighted by Gasteiger charge is -2.10. The van der Waals surface area contributed by atoms with Crippen LogP contribution in [0.15, 0.2) is 66.2 Å². The van der Waals surface area contributed by atoms with E-state index in [1.807, 2.05) is 6.07 Å². The summed E-state index contributed by atoms with van der Waals surface area (Å²) in [6.07, 6.45) is 8.54. The van der Waals surface area contributed by atoms with Gasteiger partial charge in [0.2, 0.25) is 10.0 Å². The molecule has 4 aromatic heterocycles. The number of hydrogen-bond acceptors (Lipinski definition) is 7. The molecule has 0 saturated heterocycles. The van der Waals surface area contributed by atoms with Crippen LogP contribution in [0.3, 0.4) is 0 Å². The molecule has 29 heavy (non-hydrogen) atoms. The minimum atomic E-state index is -3.56. The molecule has 0 amide bonds. The van der Waals surface area contributed by atoms with Gasteiger partial charge in [0, 0.05) is 35.9 Å². The average molecular weight is 405 g/mol. The minimum Gasteiger partial charge on any atom is -0.340 e. The van der Waals surface area contributed by atoms with E-state index in [0.717, 1.165) is 27.3 Å². The summed E-state index contributed by atoms with van der Waals surface area (Å²) in [6.45, 7) is 0. The number of nitrogens with one attached hydrogen (secondary N) is 2. The van der Waals surface area contributed by atoms with Gasteiger partial charge in [-0.25, -0.2) is 22.6 Å². The molecule has 5 aromatic rings. The fraction of sp³-hybridized carbons (Fsp3) is 0.0526. The van der Waals surface area contributed by atoms with Gasteiger partial charge in [-0.15, -0.1) is 0 Å². The smallest absolute Gasteiger partial charge is 0.240 e. The van der Waals surface area contributed by atoms with Gasteiger partial charge in [0.25, 0.3) is 0 Å². The van der Waals surface area contributed by atoms with Crippen molar-refractivity contribution in [3.05, 3.63) is 61.3 Å². The second-order valence-corrected chi connectivity index (χ2v) is 8.23. The molecule has 2 N–H and O–H groups in total. The summed E-state index contributed by atoms with van der Waals surface area (Å²) in [5, 5.41) is 9.52. The Hall–Kier alpha value is -3.63. The lowest BCUT2D eigenvalue weighted by molar-refractivity contribution is 0.588. The fourth-order valence-corrected chi connectivity index (χ4v) is 4.03. The van der Waals surface area contributed by atoms with E-state index in [0.29, 0.717) is 11.5 Å². The Kier molecular flexibility index (Phi) is 3.89. The van der Waals surface area contributed by atoms with Gasteiger partial charge in [-0.05, 0) is 31.3 Å². The van der Waals surface area contributed by atoms with Crippen molar-refractivity contribution in [3.63, 3.8) is 0 Å². The van der Waals surface area contributed by atoms with Gasteiger partial charge in [0.15, 0.2) is 0 Å². The Bertz CT molecular complexity index is 1500. The molecule has 0 saturated carbocycles. The maximum Gasteiger partial charge on any atom is 0.240 e. The highest BCUT2D eigenvalue weighted by molar-refractivity contribution is 7.89. The van der Waals surface area contributed by atoms with E-state index in [-0.39, 0.29) is 4.90 Å². The second kappa shape index (κ2) is 6.47. The molecule has 1 aromatic carbocycles. The van der Waals surface area contributed by atoms with Crippen molar-refractivity contribution in [2.24, 2.45) is 0 Å². The van der Waals surface area contributed by atoms with Crippen LogP contribution in [0.25, 0.3) is 27.3 Å². The number of sulfonamides is 1. The molecule has 0 aliphatic carbocycles. The number of benzene rings is 1. The molecule has 4 heterocycles. The molecule has 0 aliphatic rings. The van der Waals surface area contributed by atoms with Gasteiger partial charge in [-0.2, -0.15) is 5.10 Å². The van der Waals surface area contributed by atoms with E-state index >= 15 is 0 Å². The van der Waals surface area contributed by atoms with Crippen LogP contribution in [0.2, 0.25) is 0 Å². The zero-order valence-electron chi connectivity index (χ0n) is 15.2. The lowest BCUT2D eigenvalue weighted by atomic mass is 10.2. The first-order chi connectivity index (χ1) is 14.1. The highest BCUT2D eigenvalue weighted by Gasteiger charge is 2.17. The van der Waals surface area contributed by atoms with Crippen molar-refractivity contribution in [1.29, 1.82) is 0 Å². The molecule has 144 valence electrons. The molecular formula is C19H15N7O2S. The summed E-state index contributed by atoms with van der Waals surface area (Å²) in [6, 6.07) is 8.35. The van der Waals surface area contributed by atoms with Crippen LogP contribution >= 0.6 is 0 Å². The van der Waals surface area contributed by atoms with E-state index in [2.05, 4.69) is 25.1 Å². The largest absolute Gasteiger partial charge is 0.340 e. The molecule has 0 radical (unpaired) electrons. The number of pyridine rings is 2. The highest BCUT2D eigenvalue weighted by atomic mass is 32.2. The van der Waals surface area contributed by atoms with Crippen LogP contribution in [0.1, 0.15) is 0 Å². The fourth-order valence-electron chi connectivity index (χ4n) is 3.25. The summed E-state index contributed by atoms with van der Waals surface area (Å²) < 4.78 is 28.3. The first-order valence-corrected chi connectivity index (χ1v) is 10.2. The number of nitrogens with zero attached hydrogens (tertiary/aromatic N) is 5. The van der Waals surface area contributed by atoms with Crippen LogP contribution in [-0.2, 0) is 10.0 Å². The summed E-state index contributed by atoms with van der Waals surface area (Å²) in [7, 11) is -2.18. The van der Waals surface area contributed by atoms with Crippen molar-refractivity contribution >= 4 is 48.9 Å². The molecular weight excluding hydrogens is 390 g/mol. The van der Waals surface area contributed by atoms with Gasteiger partial charge in [-0.3, -0.25) is 9.97 Å². The second-order valence-electron chi connectivity index (χ2n) is 6.34. The van der Waals surface area contributed by atoms with Crippen molar-refractivity contribution in [3.8, 4) is 0 Å². The van der Waals surface area contributed by atoms with E-state index in [1.54, 1.807) is 53.7 Å². The molecule has 5 rings (SSSR count). The van der Waals surface area contributed by atoms with Gasteiger partial charge in [0.1, 0.15) is 11.3 Å². The maximum absolute atomic E-state index is 12.1. The van der Waals surface area contributed by atoms with E-state index in [4.69, 9.17) is 4.98 Å². The van der Waals surface area contributed by atoms with Crippen LogP contribution in [-0.4, -0.2) is 40.0 Å². The SMILES string of the molecule is CNS(=O)(=O)c1cccc(Nc2nc3ccncc3c3nn4ccncc4c23)c1. The van der Waals surface area contributed by atoms with Crippen molar-refractivity contribution in [1.82, 2.24) is 29.3 Å². The normalized spacial score (nSPS) is 12.0. The van der Waals surface area contributed by atoms with Crippen LogP contribution in [0.5, 0.6) is 0 Å². The summed E-state index contributed by atoms with van der Waals surface area (Å²) in [4.78, 5) is 13.3. The standard InChI is InChI=1S/C19H15N7O2S/c1-20-29(27,28)13-4-2-3-12(9-13)23-19-17-16-11-22-7-8-26(16)25-18(17)14-10-21-6-5-15(14)24-19/h2-11,20H,1H3,(H,23,24). The molecule has 0 bridgehead atoms. The zero-order valence-corrected chi connectivity index (χ0v) is 16.1. The molecule has 10 heteroatoms. The number of anilines is 2. The van der Waals surface area contributed by atoms with Crippen LogP contribution < -0.4 is 10.0 Å². The average Bonchev–Trinajstić information content (AvgIpc) is 3.14. The van der Waals surface area contributed by atoms with Gasteiger partial charge in [-0.1, -0.05) is 6.07 Å². The molecule has 0 fully saturated rings. The summed E-state index contributed by atoms with van der Waals surface area (Å²) in [5.74, 6) is 0.556. The number of aromatic nitrogens is 5. The number of hydrogen-bond donors (Lipinski definition) is 2.